The standard InChI is InChI=1S/C46H48N2O10S2/c1-6-31-34-23-22-32-33(14-13-16-38(32)60(55,56)57)43(34)45(2,3)36(31)15-9-7-10-17-39-46(4,5)44-35-28-30(59(52,53)54)21-19-29(35)20-24-37(44)47(39)27-12-8-11-18-42(51)58-48-40(49)25-26-41(48)50/h7,9-10,13-17,19-24,28H,6,8,11-12,18,25-27H2,1-5H3,(H,52,53,54)(H,55,56,57)/b10-7+,15-9+,39-17+. The van der Waals surface area contributed by atoms with Crippen molar-refractivity contribution in [3.05, 3.63) is 119 Å². The summed E-state index contributed by atoms with van der Waals surface area (Å²) in [4.78, 5) is 43.0. The van der Waals surface area contributed by atoms with Crippen molar-refractivity contribution in [2.75, 3.05) is 11.4 Å². The van der Waals surface area contributed by atoms with Gasteiger partial charge in [0.2, 0.25) is 0 Å². The SMILES string of the molecule is CCC1=C(/C=C/C=C/C=C2/N(CCCCCC(=O)ON3C(=O)CCC3=O)c3ccc4ccc(S(=O)(=O)O)cc4c3C2(C)C)C(C)(C)c2c1ccc1c(S(=O)(=O)O)cccc21. The Bertz CT molecular complexity index is 2820. The van der Waals surface area contributed by atoms with Crippen molar-refractivity contribution in [2.24, 2.45) is 0 Å². The van der Waals surface area contributed by atoms with E-state index in [0.29, 0.717) is 41.6 Å². The van der Waals surface area contributed by atoms with Gasteiger partial charge in [-0.05, 0) is 93.6 Å². The third-order valence-corrected chi connectivity index (χ3v) is 13.7. The van der Waals surface area contributed by atoms with Gasteiger partial charge in [0.25, 0.3) is 32.1 Å². The maximum Gasteiger partial charge on any atom is 0.333 e. The highest BCUT2D eigenvalue weighted by atomic mass is 32.2. The van der Waals surface area contributed by atoms with Gasteiger partial charge >= 0.3 is 5.97 Å². The van der Waals surface area contributed by atoms with Crippen LogP contribution in [0.1, 0.15) is 96.3 Å². The van der Waals surface area contributed by atoms with Gasteiger partial charge in [-0.15, -0.1) is 5.06 Å². The van der Waals surface area contributed by atoms with E-state index < -0.39 is 48.8 Å². The number of fused-ring (bicyclic) bond motifs is 6. The number of carbonyl (C=O) groups is 3. The minimum absolute atomic E-state index is 0.0284. The Hall–Kier alpha value is -5.41. The second-order valence-corrected chi connectivity index (χ2v) is 19.2. The summed E-state index contributed by atoms with van der Waals surface area (Å²) >= 11 is 0. The van der Waals surface area contributed by atoms with E-state index in [-0.39, 0.29) is 29.1 Å². The van der Waals surface area contributed by atoms with E-state index in [4.69, 9.17) is 4.84 Å². The number of amides is 2. The molecule has 7 rings (SSSR count). The number of hydrogen-bond donors (Lipinski definition) is 2. The lowest BCUT2D eigenvalue weighted by molar-refractivity contribution is -0.197. The molecule has 1 aliphatic carbocycles. The molecule has 4 aromatic rings. The first-order valence-corrected chi connectivity index (χ1v) is 22.9. The summed E-state index contributed by atoms with van der Waals surface area (Å²) in [5, 5.41) is 3.34. The van der Waals surface area contributed by atoms with Crippen molar-refractivity contribution in [3.63, 3.8) is 0 Å². The van der Waals surface area contributed by atoms with E-state index in [9.17, 15) is 40.3 Å². The van der Waals surface area contributed by atoms with Crippen molar-refractivity contribution >= 4 is 70.8 Å². The molecule has 4 aromatic carbocycles. The highest BCUT2D eigenvalue weighted by Gasteiger charge is 2.42. The smallest absolute Gasteiger partial charge is 0.333 e. The second-order valence-electron chi connectivity index (χ2n) is 16.4. The zero-order valence-electron chi connectivity index (χ0n) is 34.2. The van der Waals surface area contributed by atoms with Gasteiger partial charge in [-0.3, -0.25) is 18.7 Å². The van der Waals surface area contributed by atoms with Gasteiger partial charge in [0.1, 0.15) is 4.90 Å². The molecule has 1 fully saturated rings. The molecule has 0 aromatic heterocycles. The fraction of sp³-hybridized carbons (Fsp3) is 0.326. The first-order valence-electron chi connectivity index (χ1n) is 20.0. The van der Waals surface area contributed by atoms with Crippen LogP contribution in [0.3, 0.4) is 0 Å². The normalized spacial score (nSPS) is 18.3. The summed E-state index contributed by atoms with van der Waals surface area (Å²) in [6, 6.07) is 17.2. The fourth-order valence-corrected chi connectivity index (χ4v) is 10.4. The van der Waals surface area contributed by atoms with Crippen LogP contribution in [-0.4, -0.2) is 55.3 Å². The molecule has 0 atom stereocenters. The number of hydrogen-bond acceptors (Lipinski definition) is 9. The lowest BCUT2D eigenvalue weighted by atomic mass is 9.79. The average molecular weight is 853 g/mol. The fourth-order valence-electron chi connectivity index (χ4n) is 9.17. The Labute approximate surface area is 350 Å². The van der Waals surface area contributed by atoms with Crippen LogP contribution in [0.5, 0.6) is 0 Å². The third-order valence-electron chi connectivity index (χ3n) is 11.9. The molecule has 14 heteroatoms. The van der Waals surface area contributed by atoms with Crippen LogP contribution in [0.25, 0.3) is 27.1 Å². The Morgan fingerprint density at radius 1 is 0.783 bits per heavy atom. The van der Waals surface area contributed by atoms with Crippen LogP contribution in [-0.2, 0) is 50.3 Å². The van der Waals surface area contributed by atoms with Crippen molar-refractivity contribution in [1.82, 2.24) is 5.06 Å². The van der Waals surface area contributed by atoms with Gasteiger partial charge in [-0.2, -0.15) is 16.8 Å². The number of anilines is 1. The first-order chi connectivity index (χ1) is 28.3. The number of imide groups is 1. The molecule has 60 heavy (non-hydrogen) atoms. The Balaban J connectivity index is 1.16. The zero-order chi connectivity index (χ0) is 43.4. The number of unbranched alkanes of at least 4 members (excludes halogenated alkanes) is 2. The number of rotatable bonds is 13. The lowest BCUT2D eigenvalue weighted by Crippen LogP contribution is -2.32. The molecular weight excluding hydrogens is 805 g/mol. The van der Waals surface area contributed by atoms with Crippen LogP contribution in [0.4, 0.5) is 5.69 Å². The van der Waals surface area contributed by atoms with Crippen molar-refractivity contribution in [1.29, 1.82) is 0 Å². The van der Waals surface area contributed by atoms with E-state index in [1.54, 1.807) is 18.2 Å². The monoisotopic (exact) mass is 852 g/mol. The predicted molar refractivity (Wildman–Crippen MR) is 230 cm³/mol. The van der Waals surface area contributed by atoms with Gasteiger partial charge in [-0.1, -0.05) is 102 Å². The van der Waals surface area contributed by atoms with E-state index in [0.717, 1.165) is 56.4 Å². The highest BCUT2D eigenvalue weighted by molar-refractivity contribution is 7.86. The summed E-state index contributed by atoms with van der Waals surface area (Å²) < 4.78 is 68.8. The molecule has 2 amide bonds. The number of allylic oxidation sites excluding steroid dienone is 8. The van der Waals surface area contributed by atoms with Crippen LogP contribution in [0.2, 0.25) is 0 Å². The molecule has 2 N–H and O–H groups in total. The van der Waals surface area contributed by atoms with Crippen LogP contribution in [0, 0.1) is 0 Å². The van der Waals surface area contributed by atoms with Crippen molar-refractivity contribution < 1.29 is 45.2 Å². The summed E-state index contributed by atoms with van der Waals surface area (Å²) in [6.45, 7) is 11.0. The number of hydroxylamine groups is 2. The maximum absolute atomic E-state index is 12.4. The molecule has 2 heterocycles. The zero-order valence-corrected chi connectivity index (χ0v) is 35.8. The molecule has 0 unspecified atom stereocenters. The maximum atomic E-state index is 12.4. The molecule has 1 saturated heterocycles. The van der Waals surface area contributed by atoms with Crippen LogP contribution < -0.4 is 4.90 Å². The van der Waals surface area contributed by atoms with Gasteiger partial charge in [-0.25, -0.2) is 4.79 Å². The average Bonchev–Trinajstić information content (AvgIpc) is 3.71. The minimum atomic E-state index is -4.46. The lowest BCUT2D eigenvalue weighted by Gasteiger charge is -2.27. The number of benzene rings is 4. The Morgan fingerprint density at radius 2 is 1.50 bits per heavy atom. The summed E-state index contributed by atoms with van der Waals surface area (Å²) in [5.41, 5.74) is 5.99. The van der Waals surface area contributed by atoms with Gasteiger partial charge in [0.05, 0.1) is 4.90 Å². The molecule has 0 spiro atoms. The molecular formula is C46H48N2O10S2. The van der Waals surface area contributed by atoms with Crippen molar-refractivity contribution in [3.8, 4) is 0 Å². The second kappa shape index (κ2) is 15.9. The molecule has 0 radical (unpaired) electrons. The number of carbonyl (C=O) groups excluding carboxylic acids is 3. The Kier molecular flexibility index (Phi) is 11.3. The highest BCUT2D eigenvalue weighted by Crippen LogP contribution is 2.52. The number of nitrogens with zero attached hydrogens (tertiary/aromatic N) is 2. The molecule has 314 valence electrons. The van der Waals surface area contributed by atoms with E-state index in [1.165, 1.54) is 18.2 Å². The van der Waals surface area contributed by atoms with E-state index in [1.807, 2.05) is 48.6 Å². The topological polar surface area (TPSA) is 176 Å². The largest absolute Gasteiger partial charge is 0.344 e. The minimum Gasteiger partial charge on any atom is -0.344 e. The van der Waals surface area contributed by atoms with Crippen molar-refractivity contribution in [2.45, 2.75) is 100 Å². The van der Waals surface area contributed by atoms with Gasteiger partial charge in [0, 0.05) is 53.4 Å². The first kappa shape index (κ1) is 42.7. The summed E-state index contributed by atoms with van der Waals surface area (Å²) in [7, 11) is -8.89. The third kappa shape index (κ3) is 7.73. The quantitative estimate of drug-likeness (QED) is 0.0569. The van der Waals surface area contributed by atoms with Crippen LogP contribution in [0.15, 0.2) is 112 Å². The van der Waals surface area contributed by atoms with Gasteiger partial charge < -0.3 is 9.74 Å². The Morgan fingerprint density at radius 3 is 2.18 bits per heavy atom. The summed E-state index contributed by atoms with van der Waals surface area (Å²) in [6.07, 6.45) is 12.7. The molecule has 0 bridgehead atoms. The predicted octanol–water partition coefficient (Wildman–Crippen LogP) is 8.90. The molecule has 12 nitrogen and oxygen atoms in total. The summed E-state index contributed by atoms with van der Waals surface area (Å²) in [5.74, 6) is -1.68. The van der Waals surface area contributed by atoms with Crippen LogP contribution >= 0.6 is 0 Å². The van der Waals surface area contributed by atoms with E-state index >= 15 is 0 Å². The van der Waals surface area contributed by atoms with Gasteiger partial charge in [0.15, 0.2) is 0 Å². The molecule has 0 saturated carbocycles. The molecule has 2 aliphatic heterocycles. The van der Waals surface area contributed by atoms with E-state index in [2.05, 4.69) is 45.6 Å². The molecule has 3 aliphatic rings.